The Hall–Kier alpha value is -1.35. The highest BCUT2D eigenvalue weighted by Crippen LogP contribution is 2.17. The molecule has 94 valence electrons. The van der Waals surface area contributed by atoms with Crippen LogP contribution in [0.25, 0.3) is 0 Å². The number of carbonyl (C=O) groups excluding carboxylic acids is 1. The van der Waals surface area contributed by atoms with E-state index in [1.807, 2.05) is 31.2 Å². The van der Waals surface area contributed by atoms with Crippen LogP contribution in [-0.4, -0.2) is 11.9 Å². The van der Waals surface area contributed by atoms with Crippen molar-refractivity contribution in [3.05, 3.63) is 29.8 Å². The van der Waals surface area contributed by atoms with Gasteiger partial charge in [-0.1, -0.05) is 39.3 Å². The number of rotatable bonds is 5. The van der Waals surface area contributed by atoms with E-state index in [4.69, 9.17) is 5.73 Å². The quantitative estimate of drug-likeness (QED) is 0.823. The van der Waals surface area contributed by atoms with Gasteiger partial charge in [0.2, 0.25) is 5.91 Å². The Kier molecular flexibility index (Phi) is 5.16. The molecule has 17 heavy (non-hydrogen) atoms. The summed E-state index contributed by atoms with van der Waals surface area (Å²) in [5.74, 6) is 0.395. The van der Waals surface area contributed by atoms with Crippen molar-refractivity contribution in [3.8, 4) is 0 Å². The average molecular weight is 234 g/mol. The summed E-state index contributed by atoms with van der Waals surface area (Å²) in [7, 11) is 0. The minimum Gasteiger partial charge on any atom is -0.325 e. The molecule has 0 aromatic heterocycles. The number of anilines is 1. The third-order valence-corrected chi connectivity index (χ3v) is 2.78. The van der Waals surface area contributed by atoms with E-state index in [-0.39, 0.29) is 5.91 Å². The van der Waals surface area contributed by atoms with Gasteiger partial charge in [0, 0.05) is 5.69 Å². The van der Waals surface area contributed by atoms with E-state index in [1.165, 1.54) is 5.56 Å². The molecule has 0 aliphatic rings. The molecule has 0 radical (unpaired) electrons. The summed E-state index contributed by atoms with van der Waals surface area (Å²) in [6.45, 7) is 6.31. The summed E-state index contributed by atoms with van der Waals surface area (Å²) in [5.41, 5.74) is 7.82. The molecule has 0 fully saturated rings. The van der Waals surface area contributed by atoms with Gasteiger partial charge in [0.1, 0.15) is 0 Å². The van der Waals surface area contributed by atoms with Gasteiger partial charge in [-0.3, -0.25) is 4.79 Å². The highest BCUT2D eigenvalue weighted by Gasteiger charge is 2.12. The van der Waals surface area contributed by atoms with Crippen molar-refractivity contribution in [1.82, 2.24) is 0 Å². The fourth-order valence-electron chi connectivity index (χ4n) is 1.63. The minimum atomic E-state index is -0.412. The van der Waals surface area contributed by atoms with Crippen molar-refractivity contribution in [2.45, 2.75) is 45.6 Å². The molecule has 0 saturated heterocycles. The van der Waals surface area contributed by atoms with Gasteiger partial charge in [-0.05, 0) is 30.0 Å². The molecular formula is C14H22N2O. The van der Waals surface area contributed by atoms with Gasteiger partial charge in [0.15, 0.2) is 0 Å². The molecule has 0 aliphatic carbocycles. The van der Waals surface area contributed by atoms with Crippen molar-refractivity contribution in [3.63, 3.8) is 0 Å². The molecule has 3 nitrogen and oxygen atoms in total. The number of hydrogen-bond acceptors (Lipinski definition) is 2. The lowest BCUT2D eigenvalue weighted by Crippen LogP contribution is -2.35. The molecule has 1 aromatic carbocycles. The zero-order chi connectivity index (χ0) is 12.8. The van der Waals surface area contributed by atoms with Crippen molar-refractivity contribution >= 4 is 11.6 Å². The molecule has 0 saturated carbocycles. The van der Waals surface area contributed by atoms with Crippen LogP contribution in [0.1, 0.15) is 45.1 Å². The molecule has 0 spiro atoms. The fourth-order valence-corrected chi connectivity index (χ4v) is 1.63. The molecule has 1 atom stereocenters. The molecule has 0 aliphatic heterocycles. The summed E-state index contributed by atoms with van der Waals surface area (Å²) in [4.78, 5) is 11.7. The molecule has 1 amide bonds. The third-order valence-electron chi connectivity index (χ3n) is 2.78. The van der Waals surface area contributed by atoms with E-state index in [1.54, 1.807) is 0 Å². The highest BCUT2D eigenvalue weighted by atomic mass is 16.2. The van der Waals surface area contributed by atoms with Gasteiger partial charge < -0.3 is 11.1 Å². The van der Waals surface area contributed by atoms with Crippen LogP contribution >= 0.6 is 0 Å². The Labute approximate surface area is 103 Å². The molecule has 1 aromatic rings. The summed E-state index contributed by atoms with van der Waals surface area (Å²) < 4.78 is 0. The van der Waals surface area contributed by atoms with E-state index >= 15 is 0 Å². The second kappa shape index (κ2) is 6.40. The van der Waals surface area contributed by atoms with Gasteiger partial charge >= 0.3 is 0 Å². The van der Waals surface area contributed by atoms with Crippen LogP contribution in [0.15, 0.2) is 24.3 Å². The number of nitrogens with one attached hydrogen (secondary N) is 1. The lowest BCUT2D eigenvalue weighted by molar-refractivity contribution is -0.117. The van der Waals surface area contributed by atoms with Crippen LogP contribution in [0.3, 0.4) is 0 Å². The van der Waals surface area contributed by atoms with Crippen molar-refractivity contribution in [2.75, 3.05) is 5.32 Å². The summed E-state index contributed by atoms with van der Waals surface area (Å²) in [6, 6.07) is 7.50. The number of nitrogens with two attached hydrogens (primary N) is 1. The van der Waals surface area contributed by atoms with E-state index < -0.39 is 6.04 Å². The van der Waals surface area contributed by atoms with Crippen LogP contribution in [-0.2, 0) is 4.79 Å². The Morgan fingerprint density at radius 3 is 2.35 bits per heavy atom. The van der Waals surface area contributed by atoms with E-state index in [2.05, 4.69) is 19.2 Å². The van der Waals surface area contributed by atoms with Gasteiger partial charge in [0.25, 0.3) is 0 Å². The SMILES string of the molecule is CCC[C@@H](N)C(=O)Nc1ccc(C(C)C)cc1. The van der Waals surface area contributed by atoms with Crippen LogP contribution < -0.4 is 11.1 Å². The molecule has 3 N–H and O–H groups in total. The lowest BCUT2D eigenvalue weighted by atomic mass is 10.0. The van der Waals surface area contributed by atoms with Gasteiger partial charge in [-0.2, -0.15) is 0 Å². The maximum absolute atomic E-state index is 11.7. The predicted octanol–water partition coefficient (Wildman–Crippen LogP) is 2.88. The average Bonchev–Trinajstić information content (AvgIpc) is 2.30. The van der Waals surface area contributed by atoms with Crippen molar-refractivity contribution in [2.24, 2.45) is 5.73 Å². The van der Waals surface area contributed by atoms with Crippen molar-refractivity contribution < 1.29 is 4.79 Å². The van der Waals surface area contributed by atoms with Gasteiger partial charge in [-0.15, -0.1) is 0 Å². The highest BCUT2D eigenvalue weighted by molar-refractivity contribution is 5.94. The molecule has 0 bridgehead atoms. The first-order valence-corrected chi connectivity index (χ1v) is 6.21. The number of amides is 1. The summed E-state index contributed by atoms with van der Waals surface area (Å²) in [5, 5.41) is 2.83. The smallest absolute Gasteiger partial charge is 0.241 e. The zero-order valence-electron chi connectivity index (χ0n) is 10.9. The van der Waals surface area contributed by atoms with Gasteiger partial charge in [-0.25, -0.2) is 0 Å². The molecule has 1 rings (SSSR count). The monoisotopic (exact) mass is 234 g/mol. The van der Waals surface area contributed by atoms with Crippen LogP contribution in [0.5, 0.6) is 0 Å². The Balaban J connectivity index is 2.60. The van der Waals surface area contributed by atoms with Gasteiger partial charge in [0.05, 0.1) is 6.04 Å². The first-order valence-electron chi connectivity index (χ1n) is 6.21. The predicted molar refractivity (Wildman–Crippen MR) is 72.0 cm³/mol. The second-order valence-corrected chi connectivity index (χ2v) is 4.66. The van der Waals surface area contributed by atoms with E-state index in [0.29, 0.717) is 5.92 Å². The Morgan fingerprint density at radius 2 is 1.88 bits per heavy atom. The minimum absolute atomic E-state index is 0.107. The van der Waals surface area contributed by atoms with E-state index in [9.17, 15) is 4.79 Å². The first-order chi connectivity index (χ1) is 8.04. The van der Waals surface area contributed by atoms with Crippen molar-refractivity contribution in [1.29, 1.82) is 0 Å². The standard InChI is InChI=1S/C14H22N2O/c1-4-5-13(15)14(17)16-12-8-6-11(7-9-12)10(2)3/h6-10,13H,4-5,15H2,1-3H3,(H,16,17)/t13-/m1/s1. The molecular weight excluding hydrogens is 212 g/mol. The molecule has 0 unspecified atom stereocenters. The lowest BCUT2D eigenvalue weighted by Gasteiger charge is -2.12. The number of benzene rings is 1. The Bertz CT molecular complexity index is 357. The van der Waals surface area contributed by atoms with Crippen LogP contribution in [0, 0.1) is 0 Å². The zero-order valence-corrected chi connectivity index (χ0v) is 10.9. The maximum Gasteiger partial charge on any atom is 0.241 e. The second-order valence-electron chi connectivity index (χ2n) is 4.66. The third kappa shape index (κ3) is 4.19. The largest absolute Gasteiger partial charge is 0.325 e. The van der Waals surface area contributed by atoms with E-state index in [0.717, 1.165) is 18.5 Å². The van der Waals surface area contributed by atoms with Crippen LogP contribution in [0.4, 0.5) is 5.69 Å². The molecule has 3 heteroatoms. The maximum atomic E-state index is 11.7. The normalized spacial score (nSPS) is 12.5. The number of carbonyl (C=O) groups is 1. The topological polar surface area (TPSA) is 55.1 Å². The summed E-state index contributed by atoms with van der Waals surface area (Å²) in [6.07, 6.45) is 1.64. The first kappa shape index (κ1) is 13.7. The fraction of sp³-hybridized carbons (Fsp3) is 0.500. The Morgan fingerprint density at radius 1 is 1.29 bits per heavy atom. The molecule has 0 heterocycles. The summed E-state index contributed by atoms with van der Waals surface area (Å²) >= 11 is 0. The van der Waals surface area contributed by atoms with Crippen LogP contribution in [0.2, 0.25) is 0 Å². The number of hydrogen-bond donors (Lipinski definition) is 2.